The van der Waals surface area contributed by atoms with Gasteiger partial charge in [-0.1, -0.05) is 39.8 Å². The molecule has 0 bridgehead atoms. The number of oxime groups is 1. The minimum absolute atomic E-state index is 0.0795. The van der Waals surface area contributed by atoms with Gasteiger partial charge in [-0.25, -0.2) is 0 Å². The van der Waals surface area contributed by atoms with Gasteiger partial charge in [-0.05, 0) is 24.0 Å². The van der Waals surface area contributed by atoms with Gasteiger partial charge < -0.3 is 14.7 Å². The van der Waals surface area contributed by atoms with E-state index in [1.54, 1.807) is 12.3 Å². The van der Waals surface area contributed by atoms with Crippen LogP contribution in [0.3, 0.4) is 0 Å². The number of hydrogen-bond acceptors (Lipinski definition) is 4. The maximum Gasteiger partial charge on any atom is 0.248 e. The van der Waals surface area contributed by atoms with E-state index >= 15 is 0 Å². The van der Waals surface area contributed by atoms with Crippen molar-refractivity contribution in [3.8, 4) is 0 Å². The molecule has 1 aromatic heterocycles. The number of likely N-dealkylation sites (tertiary alicyclic amines) is 1. The van der Waals surface area contributed by atoms with E-state index in [0.717, 1.165) is 30.5 Å². The highest BCUT2D eigenvalue weighted by molar-refractivity contribution is 5.87. The minimum atomic E-state index is -0.147. The number of piperidine rings is 1. The largest absolute Gasteiger partial charge is 0.391 e. The number of carbonyl (C=O) groups is 1. The molecule has 1 amide bonds. The van der Waals surface area contributed by atoms with Crippen molar-refractivity contribution in [2.24, 2.45) is 17.0 Å². The molecule has 26 heavy (non-hydrogen) atoms. The number of hydrogen-bond donors (Lipinski definition) is 1. The molecule has 1 N–H and O–H groups in total. The molecule has 1 aliphatic heterocycles. The number of nitrogens with one attached hydrogen (secondary N) is 1. The molecule has 0 aliphatic carbocycles. The van der Waals surface area contributed by atoms with Crippen LogP contribution in [0.4, 0.5) is 0 Å². The molecule has 6 heteroatoms. The van der Waals surface area contributed by atoms with Gasteiger partial charge >= 0.3 is 0 Å². The zero-order valence-corrected chi connectivity index (χ0v) is 16.7. The second kappa shape index (κ2) is 11.5. The Morgan fingerprint density at radius 3 is 2.50 bits per heavy atom. The lowest BCUT2D eigenvalue weighted by molar-refractivity contribution is -0.135. The van der Waals surface area contributed by atoms with Gasteiger partial charge in [0, 0.05) is 44.1 Å². The van der Waals surface area contributed by atoms with E-state index in [4.69, 9.17) is 4.84 Å². The molecule has 0 aromatic carbocycles. The van der Waals surface area contributed by atoms with Crippen molar-refractivity contribution in [2.45, 2.75) is 60.5 Å². The summed E-state index contributed by atoms with van der Waals surface area (Å²) in [6.45, 7) is 12.0. The maximum atomic E-state index is 12.4. The van der Waals surface area contributed by atoms with E-state index in [0.29, 0.717) is 19.0 Å². The highest BCUT2D eigenvalue weighted by Gasteiger charge is 2.24. The van der Waals surface area contributed by atoms with Crippen LogP contribution < -0.4 is 5.56 Å². The first kappa shape index (κ1) is 21.9. The third kappa shape index (κ3) is 7.42. The number of aromatic nitrogens is 1. The summed E-state index contributed by atoms with van der Waals surface area (Å²) in [6.07, 6.45) is 4.01. The van der Waals surface area contributed by atoms with E-state index in [1.807, 2.05) is 25.7 Å². The second-order valence-corrected chi connectivity index (χ2v) is 6.85. The lowest BCUT2D eigenvalue weighted by Gasteiger charge is -2.30. The highest BCUT2D eigenvalue weighted by atomic mass is 16.6. The number of rotatable bonds is 6. The van der Waals surface area contributed by atoms with Crippen LogP contribution >= 0.6 is 0 Å². The molecule has 2 heterocycles. The van der Waals surface area contributed by atoms with Gasteiger partial charge in [-0.15, -0.1) is 0 Å². The lowest BCUT2D eigenvalue weighted by atomic mass is 9.96. The average Bonchev–Trinajstić information content (AvgIpc) is 2.63. The van der Waals surface area contributed by atoms with E-state index < -0.39 is 0 Å². The molecule has 1 unspecified atom stereocenters. The Kier molecular flexibility index (Phi) is 9.70. The molecule has 0 spiro atoms. The van der Waals surface area contributed by atoms with Crippen molar-refractivity contribution in [3.63, 3.8) is 0 Å². The van der Waals surface area contributed by atoms with Crippen LogP contribution in [0.5, 0.6) is 0 Å². The Balaban J connectivity index is 0.00000163. The first-order valence-electron chi connectivity index (χ1n) is 9.60. The van der Waals surface area contributed by atoms with Crippen molar-refractivity contribution in [1.82, 2.24) is 9.88 Å². The zero-order chi connectivity index (χ0) is 19.5. The first-order chi connectivity index (χ1) is 12.5. The molecule has 1 atom stereocenters. The number of aromatic amines is 1. The highest BCUT2D eigenvalue weighted by Crippen LogP contribution is 2.17. The zero-order valence-electron chi connectivity index (χ0n) is 16.7. The molecular formula is C20H33N3O3. The summed E-state index contributed by atoms with van der Waals surface area (Å²) in [6, 6.07) is 3.29. The summed E-state index contributed by atoms with van der Waals surface area (Å²) in [4.78, 5) is 33.4. The predicted molar refractivity (Wildman–Crippen MR) is 105 cm³/mol. The van der Waals surface area contributed by atoms with Crippen molar-refractivity contribution >= 4 is 11.6 Å². The topological polar surface area (TPSA) is 74.8 Å². The van der Waals surface area contributed by atoms with Crippen molar-refractivity contribution in [2.75, 3.05) is 13.1 Å². The molecule has 2 rings (SSSR count). The monoisotopic (exact) mass is 363 g/mol. The molecule has 0 radical (unpaired) electrons. The number of H-pyrrole nitrogens is 1. The Bertz CT molecular complexity index is 627. The Labute approximate surface area is 156 Å². The summed E-state index contributed by atoms with van der Waals surface area (Å²) in [7, 11) is 0. The van der Waals surface area contributed by atoms with Gasteiger partial charge in [0.25, 0.3) is 0 Å². The number of nitrogens with zero attached hydrogens (tertiary/aromatic N) is 2. The molecule has 1 aliphatic rings. The fourth-order valence-corrected chi connectivity index (χ4v) is 2.97. The SMILES string of the molecule is CC.CC(C)CC(C)C(=O)N1CCC(=NOCc2cc[nH]c(=O)c2)CC1. The third-order valence-corrected chi connectivity index (χ3v) is 4.16. The first-order valence-corrected chi connectivity index (χ1v) is 9.60. The fourth-order valence-electron chi connectivity index (χ4n) is 2.97. The summed E-state index contributed by atoms with van der Waals surface area (Å²) >= 11 is 0. The van der Waals surface area contributed by atoms with E-state index in [9.17, 15) is 9.59 Å². The molecule has 0 saturated carbocycles. The van der Waals surface area contributed by atoms with Crippen molar-refractivity contribution in [3.05, 3.63) is 34.2 Å². The van der Waals surface area contributed by atoms with Crippen LogP contribution in [0, 0.1) is 11.8 Å². The summed E-state index contributed by atoms with van der Waals surface area (Å²) < 4.78 is 0. The predicted octanol–water partition coefficient (Wildman–Crippen LogP) is 3.58. The van der Waals surface area contributed by atoms with E-state index in [1.165, 1.54) is 6.07 Å². The Morgan fingerprint density at radius 2 is 1.92 bits per heavy atom. The normalized spacial score (nSPS) is 15.2. The van der Waals surface area contributed by atoms with Crippen LogP contribution in [0.15, 0.2) is 28.3 Å². The Morgan fingerprint density at radius 1 is 1.27 bits per heavy atom. The fraction of sp³-hybridized carbons (Fsp3) is 0.650. The quantitative estimate of drug-likeness (QED) is 0.785. The van der Waals surface area contributed by atoms with Crippen molar-refractivity contribution < 1.29 is 9.63 Å². The van der Waals surface area contributed by atoms with Gasteiger partial charge in [-0.3, -0.25) is 9.59 Å². The molecule has 1 fully saturated rings. The van der Waals surface area contributed by atoms with Crippen LogP contribution in [0.1, 0.15) is 59.4 Å². The molecular weight excluding hydrogens is 330 g/mol. The van der Waals surface area contributed by atoms with Crippen LogP contribution in [0.2, 0.25) is 0 Å². The summed E-state index contributed by atoms with van der Waals surface area (Å²) in [5.41, 5.74) is 1.62. The van der Waals surface area contributed by atoms with E-state index in [2.05, 4.69) is 24.0 Å². The van der Waals surface area contributed by atoms with Gasteiger partial charge in [0.2, 0.25) is 11.5 Å². The number of carbonyl (C=O) groups excluding carboxylic acids is 1. The summed E-state index contributed by atoms with van der Waals surface area (Å²) in [5, 5.41) is 4.16. The maximum absolute atomic E-state index is 12.4. The average molecular weight is 364 g/mol. The van der Waals surface area contributed by atoms with Gasteiger partial charge in [0.1, 0.15) is 6.61 Å². The lowest BCUT2D eigenvalue weighted by Crippen LogP contribution is -2.41. The molecule has 1 saturated heterocycles. The molecule has 6 nitrogen and oxygen atoms in total. The smallest absolute Gasteiger partial charge is 0.248 e. The standard InChI is InChI=1S/C18H27N3O3.C2H6/c1-13(2)10-14(3)18(23)21-8-5-16(6-9-21)20-24-12-15-4-7-19-17(22)11-15;1-2/h4,7,11,13-14H,5-6,8-10,12H2,1-3H3,(H,19,22);1-2H3. The minimum Gasteiger partial charge on any atom is -0.391 e. The number of pyridine rings is 1. The van der Waals surface area contributed by atoms with Gasteiger partial charge in [0.15, 0.2) is 0 Å². The number of amides is 1. The van der Waals surface area contributed by atoms with Crippen LogP contribution in [-0.4, -0.2) is 34.6 Å². The van der Waals surface area contributed by atoms with Gasteiger partial charge in [-0.2, -0.15) is 0 Å². The summed E-state index contributed by atoms with van der Waals surface area (Å²) in [5.74, 6) is 0.854. The van der Waals surface area contributed by atoms with Crippen LogP contribution in [0.25, 0.3) is 0 Å². The third-order valence-electron chi connectivity index (χ3n) is 4.16. The van der Waals surface area contributed by atoms with Crippen LogP contribution in [-0.2, 0) is 16.2 Å². The Hall–Kier alpha value is -2.11. The second-order valence-electron chi connectivity index (χ2n) is 6.85. The van der Waals surface area contributed by atoms with Crippen molar-refractivity contribution in [1.29, 1.82) is 0 Å². The van der Waals surface area contributed by atoms with E-state index in [-0.39, 0.29) is 24.0 Å². The molecule has 1 aromatic rings. The molecule has 146 valence electrons. The van der Waals surface area contributed by atoms with Gasteiger partial charge in [0.05, 0.1) is 5.71 Å².